The Morgan fingerprint density at radius 2 is 1.75 bits per heavy atom. The van der Waals surface area contributed by atoms with Crippen molar-refractivity contribution < 1.29 is 4.74 Å². The maximum absolute atomic E-state index is 6.24. The highest BCUT2D eigenvalue weighted by atomic mass is 16.5. The molecular formula is C14H31NO. The lowest BCUT2D eigenvalue weighted by Gasteiger charge is -2.26. The highest BCUT2D eigenvalue weighted by Gasteiger charge is 2.19. The predicted octanol–water partition coefficient (Wildman–Crippen LogP) is 3.74. The van der Waals surface area contributed by atoms with Crippen molar-refractivity contribution in [1.82, 2.24) is 0 Å². The fourth-order valence-electron chi connectivity index (χ4n) is 2.31. The summed E-state index contributed by atoms with van der Waals surface area (Å²) in [6, 6.07) is 0.215. The zero-order valence-electron chi connectivity index (χ0n) is 11.7. The summed E-state index contributed by atoms with van der Waals surface area (Å²) < 4.78 is 5.48. The molecule has 0 aliphatic rings. The Morgan fingerprint density at radius 3 is 2.19 bits per heavy atom. The van der Waals surface area contributed by atoms with E-state index in [-0.39, 0.29) is 12.1 Å². The Bertz CT molecular complexity index is 150. The maximum Gasteiger partial charge on any atom is 0.0722 e. The van der Waals surface area contributed by atoms with Gasteiger partial charge in [-0.1, -0.05) is 52.9 Å². The summed E-state index contributed by atoms with van der Waals surface area (Å²) in [5.74, 6) is 0.782. The van der Waals surface area contributed by atoms with Gasteiger partial charge in [-0.25, -0.2) is 0 Å². The van der Waals surface area contributed by atoms with Gasteiger partial charge in [0.2, 0.25) is 0 Å². The van der Waals surface area contributed by atoms with E-state index in [1.807, 2.05) is 0 Å². The Hall–Kier alpha value is -0.0800. The van der Waals surface area contributed by atoms with Crippen LogP contribution in [-0.4, -0.2) is 19.3 Å². The van der Waals surface area contributed by atoms with Crippen molar-refractivity contribution in [3.63, 3.8) is 0 Å². The largest absolute Gasteiger partial charge is 0.380 e. The van der Waals surface area contributed by atoms with Gasteiger partial charge < -0.3 is 10.5 Å². The Balaban J connectivity index is 3.99. The fraction of sp³-hybridized carbons (Fsp3) is 1.00. The van der Waals surface area contributed by atoms with Crippen molar-refractivity contribution in [3.05, 3.63) is 0 Å². The number of rotatable bonds is 10. The van der Waals surface area contributed by atoms with Gasteiger partial charge in [0, 0.05) is 13.2 Å². The zero-order chi connectivity index (χ0) is 12.4. The number of hydrogen-bond donors (Lipinski definition) is 1. The van der Waals surface area contributed by atoms with E-state index in [1.165, 1.54) is 25.7 Å². The summed E-state index contributed by atoms with van der Waals surface area (Å²) >= 11 is 0. The van der Waals surface area contributed by atoms with Crippen molar-refractivity contribution >= 4 is 0 Å². The molecule has 0 bridgehead atoms. The third-order valence-corrected chi connectivity index (χ3v) is 3.50. The van der Waals surface area contributed by atoms with Gasteiger partial charge in [-0.05, 0) is 18.8 Å². The van der Waals surface area contributed by atoms with Gasteiger partial charge >= 0.3 is 0 Å². The summed E-state index contributed by atoms with van der Waals surface area (Å²) in [5.41, 5.74) is 6.24. The number of nitrogens with two attached hydrogens (primary N) is 1. The van der Waals surface area contributed by atoms with E-state index in [4.69, 9.17) is 10.5 Å². The lowest BCUT2D eigenvalue weighted by molar-refractivity contribution is 0.0642. The summed E-state index contributed by atoms with van der Waals surface area (Å²) in [6.45, 7) is 6.71. The topological polar surface area (TPSA) is 35.2 Å². The molecule has 0 aliphatic carbocycles. The van der Waals surface area contributed by atoms with Crippen LogP contribution in [0.2, 0.25) is 0 Å². The Kier molecular flexibility index (Phi) is 10.0. The van der Waals surface area contributed by atoms with Gasteiger partial charge in [0.1, 0.15) is 0 Å². The first kappa shape index (κ1) is 15.9. The summed E-state index contributed by atoms with van der Waals surface area (Å²) in [6.07, 6.45) is 8.79. The molecule has 0 fully saturated rings. The number of hydrogen-bond acceptors (Lipinski definition) is 2. The first-order valence-electron chi connectivity index (χ1n) is 6.97. The van der Waals surface area contributed by atoms with Crippen LogP contribution in [0.3, 0.4) is 0 Å². The lowest BCUT2D eigenvalue weighted by Crippen LogP contribution is -2.37. The van der Waals surface area contributed by atoms with Crippen molar-refractivity contribution in [2.75, 3.05) is 7.11 Å². The predicted molar refractivity (Wildman–Crippen MR) is 71.6 cm³/mol. The minimum absolute atomic E-state index is 0.215. The maximum atomic E-state index is 6.24. The average molecular weight is 229 g/mol. The van der Waals surface area contributed by atoms with Gasteiger partial charge in [-0.3, -0.25) is 0 Å². The van der Waals surface area contributed by atoms with Crippen LogP contribution in [0.15, 0.2) is 0 Å². The Morgan fingerprint density at radius 1 is 1.06 bits per heavy atom. The van der Waals surface area contributed by atoms with E-state index in [2.05, 4.69) is 20.8 Å². The molecule has 0 heterocycles. The van der Waals surface area contributed by atoms with E-state index >= 15 is 0 Å². The van der Waals surface area contributed by atoms with Crippen molar-refractivity contribution in [2.24, 2.45) is 11.7 Å². The molecule has 0 rings (SSSR count). The molecule has 0 spiro atoms. The number of unbranched alkanes of at least 4 members (excludes halogenated alkanes) is 1. The second kappa shape index (κ2) is 10.1. The molecule has 0 aromatic carbocycles. The molecule has 0 amide bonds. The van der Waals surface area contributed by atoms with E-state index in [0.717, 1.165) is 25.2 Å². The minimum Gasteiger partial charge on any atom is -0.380 e. The van der Waals surface area contributed by atoms with Crippen molar-refractivity contribution in [2.45, 2.75) is 77.9 Å². The van der Waals surface area contributed by atoms with Crippen LogP contribution in [0, 0.1) is 5.92 Å². The Labute approximate surface area is 102 Å². The smallest absolute Gasteiger partial charge is 0.0722 e. The number of ether oxygens (including phenoxy) is 1. The molecule has 0 saturated carbocycles. The van der Waals surface area contributed by atoms with Gasteiger partial charge in [0.25, 0.3) is 0 Å². The van der Waals surface area contributed by atoms with Gasteiger partial charge in [-0.2, -0.15) is 0 Å². The summed E-state index contributed by atoms with van der Waals surface area (Å²) in [7, 11) is 1.78. The molecule has 2 N–H and O–H groups in total. The zero-order valence-corrected chi connectivity index (χ0v) is 11.7. The first-order valence-corrected chi connectivity index (χ1v) is 6.97. The van der Waals surface area contributed by atoms with E-state index in [0.29, 0.717) is 0 Å². The van der Waals surface area contributed by atoms with E-state index in [1.54, 1.807) is 7.11 Å². The van der Waals surface area contributed by atoms with Crippen LogP contribution in [0.5, 0.6) is 0 Å². The van der Waals surface area contributed by atoms with Gasteiger partial charge in [-0.15, -0.1) is 0 Å². The quantitative estimate of drug-likeness (QED) is 0.619. The highest BCUT2D eigenvalue weighted by molar-refractivity contribution is 4.76. The fourth-order valence-corrected chi connectivity index (χ4v) is 2.31. The molecule has 2 heteroatoms. The molecule has 2 nitrogen and oxygen atoms in total. The van der Waals surface area contributed by atoms with Crippen LogP contribution >= 0.6 is 0 Å². The van der Waals surface area contributed by atoms with Crippen LogP contribution in [-0.2, 0) is 4.74 Å². The van der Waals surface area contributed by atoms with Crippen LogP contribution in [0.1, 0.15) is 65.7 Å². The first-order chi connectivity index (χ1) is 7.69. The second-order valence-electron chi connectivity index (χ2n) is 4.88. The molecule has 3 unspecified atom stereocenters. The van der Waals surface area contributed by atoms with E-state index < -0.39 is 0 Å². The molecule has 98 valence electrons. The molecule has 0 aromatic rings. The SMILES string of the molecule is CCCCC(CC)CC(N)C(CCC)OC. The minimum atomic E-state index is 0.215. The highest BCUT2D eigenvalue weighted by Crippen LogP contribution is 2.20. The molecule has 16 heavy (non-hydrogen) atoms. The molecular weight excluding hydrogens is 198 g/mol. The molecule has 3 atom stereocenters. The summed E-state index contributed by atoms with van der Waals surface area (Å²) in [5, 5.41) is 0. The third-order valence-electron chi connectivity index (χ3n) is 3.50. The van der Waals surface area contributed by atoms with Crippen molar-refractivity contribution in [3.8, 4) is 0 Å². The van der Waals surface area contributed by atoms with Crippen LogP contribution in [0.4, 0.5) is 0 Å². The summed E-state index contributed by atoms with van der Waals surface area (Å²) in [4.78, 5) is 0. The van der Waals surface area contributed by atoms with Crippen LogP contribution < -0.4 is 5.73 Å². The molecule has 0 saturated heterocycles. The monoisotopic (exact) mass is 229 g/mol. The van der Waals surface area contributed by atoms with Crippen LogP contribution in [0.25, 0.3) is 0 Å². The average Bonchev–Trinajstić information content (AvgIpc) is 2.30. The number of methoxy groups -OCH3 is 1. The molecule has 0 aliphatic heterocycles. The van der Waals surface area contributed by atoms with Crippen molar-refractivity contribution in [1.29, 1.82) is 0 Å². The lowest BCUT2D eigenvalue weighted by atomic mass is 9.89. The van der Waals surface area contributed by atoms with Gasteiger partial charge in [0.05, 0.1) is 6.10 Å². The normalized spacial score (nSPS) is 17.1. The third kappa shape index (κ3) is 6.49. The molecule has 0 aromatic heterocycles. The van der Waals surface area contributed by atoms with Gasteiger partial charge in [0.15, 0.2) is 0 Å². The van der Waals surface area contributed by atoms with E-state index in [9.17, 15) is 0 Å². The molecule has 0 radical (unpaired) electrons. The standard InChI is InChI=1S/C14H31NO/c1-5-8-10-12(7-3)11-13(15)14(16-4)9-6-2/h12-14H,5-11,15H2,1-4H3. The second-order valence-corrected chi connectivity index (χ2v) is 4.88.